The number of ether oxygens (including phenoxy) is 2. The third-order valence-electron chi connectivity index (χ3n) is 8.68. The second kappa shape index (κ2) is 19.6. The minimum atomic E-state index is -5.33. The van der Waals surface area contributed by atoms with E-state index in [1.807, 2.05) is 0 Å². The van der Waals surface area contributed by atoms with Gasteiger partial charge in [0.05, 0.1) is 18.9 Å². The molecule has 3 aromatic carbocycles. The van der Waals surface area contributed by atoms with Crippen LogP contribution in [0.15, 0.2) is 88.6 Å². The van der Waals surface area contributed by atoms with E-state index >= 15 is 0 Å². The molecule has 54 heavy (non-hydrogen) atoms. The zero-order chi connectivity index (χ0) is 39.5. The first-order valence-electron chi connectivity index (χ1n) is 17.5. The van der Waals surface area contributed by atoms with Crippen molar-refractivity contribution in [2.75, 3.05) is 6.61 Å². The molecule has 4 N–H and O–H groups in total. The van der Waals surface area contributed by atoms with Gasteiger partial charge in [0, 0.05) is 11.8 Å². The number of H-pyrrole nitrogens is 1. The highest BCUT2D eigenvalue weighted by Crippen LogP contribution is 2.61. The Balaban J connectivity index is 0.000000845. The Kier molecular flexibility index (Phi) is 15.5. The minimum Gasteiger partial charge on any atom is -0.460 e. The first kappa shape index (κ1) is 42.8. The predicted molar refractivity (Wildman–Crippen MR) is 198 cm³/mol. The van der Waals surface area contributed by atoms with Crippen molar-refractivity contribution in [1.29, 1.82) is 0 Å². The maximum Gasteiger partial charge on any atom is 0.481 e. The number of benzene rings is 3. The highest BCUT2D eigenvalue weighted by molar-refractivity contribution is 7.63. The maximum atomic E-state index is 14.1. The lowest BCUT2D eigenvalue weighted by Gasteiger charge is -2.25. The van der Waals surface area contributed by atoms with Crippen LogP contribution < -0.4 is 20.9 Å². The number of phosphoric acid groups is 1. The summed E-state index contributed by atoms with van der Waals surface area (Å²) in [7, 11) is -10.3. The lowest BCUT2D eigenvalue weighted by molar-refractivity contribution is -0.146. The number of aliphatic hydroxyl groups excluding tert-OH is 1. The normalized spacial score (nSPS) is 19.7. The van der Waals surface area contributed by atoms with Gasteiger partial charge < -0.3 is 24.0 Å². The van der Waals surface area contributed by atoms with Crippen molar-refractivity contribution in [2.24, 2.45) is 5.92 Å². The molecule has 0 amide bonds. The molecule has 1 fully saturated rings. The van der Waals surface area contributed by atoms with Crippen molar-refractivity contribution in [3.63, 3.8) is 0 Å². The number of rotatable bonds is 16. The van der Waals surface area contributed by atoms with Crippen molar-refractivity contribution < 1.29 is 51.1 Å². The summed E-state index contributed by atoms with van der Waals surface area (Å²) >= 11 is 0. The van der Waals surface area contributed by atoms with Crippen LogP contribution >= 0.6 is 15.6 Å². The van der Waals surface area contributed by atoms with E-state index in [-0.39, 0.29) is 18.8 Å². The van der Waals surface area contributed by atoms with Gasteiger partial charge >= 0.3 is 27.2 Å². The van der Waals surface area contributed by atoms with Gasteiger partial charge in [-0.2, -0.15) is 13.8 Å². The van der Waals surface area contributed by atoms with E-state index in [1.165, 1.54) is 32.3 Å². The zero-order valence-corrected chi connectivity index (χ0v) is 32.1. The number of esters is 1. The van der Waals surface area contributed by atoms with Gasteiger partial charge in [0.25, 0.3) is 5.56 Å². The number of aromatic amines is 1. The summed E-state index contributed by atoms with van der Waals surface area (Å²) in [5.74, 6) is -1.18. The van der Waals surface area contributed by atoms with E-state index < -0.39 is 69.7 Å². The summed E-state index contributed by atoms with van der Waals surface area (Å²) in [6, 6.07) is 19.0. The maximum absolute atomic E-state index is 14.1. The molecule has 1 aliphatic rings. The lowest BCUT2D eigenvalue weighted by Crippen LogP contribution is -2.35. The molecule has 4 aromatic rings. The molecule has 3 unspecified atom stereocenters. The Bertz CT molecular complexity index is 2050. The highest BCUT2D eigenvalue weighted by atomic mass is 31.3. The van der Waals surface area contributed by atoms with Crippen LogP contribution in [0.5, 0.6) is 5.75 Å². The number of fused-ring (bicyclic) bond motifs is 1. The molecule has 15 nitrogen and oxygen atoms in total. The van der Waals surface area contributed by atoms with Crippen molar-refractivity contribution in [3.8, 4) is 5.75 Å². The molecular formula is C36H46FN3O12P2. The number of nitrogens with zero attached hydrogens (tertiary/aromatic N) is 1. The summed E-state index contributed by atoms with van der Waals surface area (Å²) < 4.78 is 68.1. The number of carbonyl (C=O) groups excluding carboxylic acids is 1. The second-order valence-electron chi connectivity index (χ2n) is 12.5. The Hall–Kier alpha value is -3.98. The van der Waals surface area contributed by atoms with Crippen molar-refractivity contribution >= 4 is 32.3 Å². The average molecular weight is 794 g/mol. The highest BCUT2D eigenvalue weighted by Gasteiger charge is 2.43. The fourth-order valence-corrected chi connectivity index (χ4v) is 8.50. The molecule has 2 heterocycles. The molecular weight excluding hydrogens is 747 g/mol. The Labute approximate surface area is 311 Å². The number of hydrogen-bond donors (Lipinski definition) is 4. The van der Waals surface area contributed by atoms with Gasteiger partial charge in [0.15, 0.2) is 0 Å². The average Bonchev–Trinajstić information content (AvgIpc) is 3.52. The largest absolute Gasteiger partial charge is 0.481 e. The topological polar surface area (TPSA) is 205 Å². The molecule has 0 saturated carbocycles. The van der Waals surface area contributed by atoms with Crippen molar-refractivity contribution in [1.82, 2.24) is 14.6 Å². The first-order chi connectivity index (χ1) is 25.7. The van der Waals surface area contributed by atoms with E-state index in [0.29, 0.717) is 27.1 Å². The van der Waals surface area contributed by atoms with Crippen LogP contribution in [0.2, 0.25) is 0 Å². The van der Waals surface area contributed by atoms with E-state index in [1.54, 1.807) is 71.7 Å². The Morgan fingerprint density at radius 2 is 1.67 bits per heavy atom. The van der Waals surface area contributed by atoms with Gasteiger partial charge in [-0.05, 0) is 29.9 Å². The van der Waals surface area contributed by atoms with E-state index in [4.69, 9.17) is 22.8 Å². The molecule has 5 rings (SSSR count). The SMILES string of the molecule is CCC(CC)CC.C[C@H](NP(=O)(Oc1cccc2ccccc12)OP(=O)(O)OC[C@H]1O[C@@H](n2cc(F)c(=O)[nH]c2=O)CC1O)C(=O)OCc1ccccc1. The van der Waals surface area contributed by atoms with Gasteiger partial charge in [-0.3, -0.25) is 23.7 Å². The van der Waals surface area contributed by atoms with Crippen molar-refractivity contribution in [3.05, 3.63) is 111 Å². The monoisotopic (exact) mass is 793 g/mol. The third-order valence-corrected chi connectivity index (χ3v) is 12.0. The fourth-order valence-electron chi connectivity index (χ4n) is 5.52. The van der Waals surface area contributed by atoms with Gasteiger partial charge in [-0.1, -0.05) is 107 Å². The molecule has 294 valence electrons. The standard InChI is InChI=1S/C29H30FN3O12P2.C7H16/c1-18(28(36)41-16-19-8-3-2-4-9-19)32-46(38,44-24-13-7-11-20-10-5-6-12-21(20)24)45-47(39,40)42-17-25-23(34)14-26(43-25)33-15-22(30)27(35)31-29(33)37;1-4-7(5-2)6-3/h2-13,15,18,23,25-26,34H,14,16-17H2,1H3,(H,32,38)(H,39,40)(H,31,35,37);7H,4-6H2,1-3H3/t18-,23?,25+,26+,46?;/m0./s1. The molecule has 0 radical (unpaired) electrons. The van der Waals surface area contributed by atoms with Crippen LogP contribution in [-0.2, 0) is 38.8 Å². The van der Waals surface area contributed by atoms with Crippen LogP contribution in [0, 0.1) is 11.7 Å². The quantitative estimate of drug-likeness (QED) is 0.0722. The third kappa shape index (κ3) is 12.0. The summed E-state index contributed by atoms with van der Waals surface area (Å²) in [4.78, 5) is 48.6. The zero-order valence-electron chi connectivity index (χ0n) is 30.3. The van der Waals surface area contributed by atoms with E-state index in [0.717, 1.165) is 5.92 Å². The second-order valence-corrected chi connectivity index (χ2v) is 15.8. The molecule has 18 heteroatoms. The smallest absolute Gasteiger partial charge is 0.460 e. The number of aliphatic hydroxyl groups is 1. The molecule has 0 bridgehead atoms. The van der Waals surface area contributed by atoms with Crippen LogP contribution in [0.4, 0.5) is 4.39 Å². The number of hydrogen-bond acceptors (Lipinski definition) is 11. The van der Waals surface area contributed by atoms with Crippen molar-refractivity contribution in [2.45, 2.75) is 84.5 Å². The van der Waals surface area contributed by atoms with Crippen LogP contribution in [0.1, 0.15) is 65.2 Å². The number of nitrogens with one attached hydrogen (secondary N) is 2. The van der Waals surface area contributed by atoms with Gasteiger partial charge in [-0.25, -0.2) is 13.9 Å². The Morgan fingerprint density at radius 1 is 1.02 bits per heavy atom. The van der Waals surface area contributed by atoms with Crippen LogP contribution in [0.3, 0.4) is 0 Å². The lowest BCUT2D eigenvalue weighted by atomic mass is 10.0. The summed E-state index contributed by atoms with van der Waals surface area (Å²) in [6.45, 7) is 7.14. The first-order valence-corrected chi connectivity index (χ1v) is 20.5. The molecule has 1 saturated heterocycles. The van der Waals surface area contributed by atoms with Crippen LogP contribution in [-0.4, -0.2) is 50.4 Å². The molecule has 1 aromatic heterocycles. The fraction of sp³-hybridized carbons (Fsp3) is 0.417. The van der Waals surface area contributed by atoms with Gasteiger partial charge in [-0.15, -0.1) is 0 Å². The molecule has 6 atom stereocenters. The number of carbonyl (C=O) groups is 1. The van der Waals surface area contributed by atoms with Gasteiger partial charge in [0.2, 0.25) is 5.82 Å². The summed E-state index contributed by atoms with van der Waals surface area (Å²) in [5.41, 5.74) is -1.58. The number of aromatic nitrogens is 2. The molecule has 0 aliphatic carbocycles. The minimum absolute atomic E-state index is 0.0141. The number of halogens is 1. The van der Waals surface area contributed by atoms with Crippen LogP contribution in [0.25, 0.3) is 10.8 Å². The summed E-state index contributed by atoms with van der Waals surface area (Å²) in [6.07, 6.45) is 0.403. The predicted octanol–water partition coefficient (Wildman–Crippen LogP) is 6.35. The molecule has 0 spiro atoms. The Morgan fingerprint density at radius 3 is 2.33 bits per heavy atom. The van der Waals surface area contributed by atoms with E-state index in [2.05, 4.69) is 25.9 Å². The molecule has 1 aliphatic heterocycles. The van der Waals surface area contributed by atoms with E-state index in [9.17, 15) is 37.9 Å². The van der Waals surface area contributed by atoms with Gasteiger partial charge in [0.1, 0.15) is 30.7 Å². The number of phosphoric ester groups is 1. The summed E-state index contributed by atoms with van der Waals surface area (Å²) in [5, 5.41) is 13.9.